The van der Waals surface area contributed by atoms with Gasteiger partial charge in [-0.25, -0.2) is 5.48 Å². The van der Waals surface area contributed by atoms with Crippen LogP contribution in [0.2, 0.25) is 0 Å². The monoisotopic (exact) mass is 229 g/mol. The van der Waals surface area contributed by atoms with Crippen molar-refractivity contribution in [2.24, 2.45) is 5.92 Å². The molecule has 0 fully saturated rings. The van der Waals surface area contributed by atoms with Gasteiger partial charge in [-0.15, -0.1) is 0 Å². The minimum absolute atomic E-state index is 0.0348. The maximum Gasteiger partial charge on any atom is 0.243 e. The molecule has 3 nitrogen and oxygen atoms in total. The zero-order chi connectivity index (χ0) is 12.4. The highest BCUT2D eigenvalue weighted by molar-refractivity contribution is 5.74. The van der Waals surface area contributed by atoms with Crippen LogP contribution in [-0.2, 0) is 9.63 Å². The Labute approximate surface area is 99.9 Å². The molecule has 0 spiro atoms. The Morgan fingerprint density at radius 1 is 1.19 bits per heavy atom. The van der Waals surface area contributed by atoms with E-state index in [9.17, 15) is 4.79 Å². The lowest BCUT2D eigenvalue weighted by Gasteiger charge is -2.25. The molecular weight excluding hydrogens is 202 g/mol. The van der Waals surface area contributed by atoms with Crippen LogP contribution in [0.15, 0.2) is 0 Å². The highest BCUT2D eigenvalue weighted by Crippen LogP contribution is 2.20. The number of rotatable bonds is 9. The summed E-state index contributed by atoms with van der Waals surface area (Å²) in [5.74, 6) is 0.510. The first-order chi connectivity index (χ1) is 7.69. The smallest absolute Gasteiger partial charge is 0.243 e. The lowest BCUT2D eigenvalue weighted by atomic mass is 9.93. The van der Waals surface area contributed by atoms with E-state index in [4.69, 9.17) is 4.84 Å². The first-order valence-corrected chi connectivity index (χ1v) is 6.63. The van der Waals surface area contributed by atoms with Crippen LogP contribution in [0, 0.1) is 5.92 Å². The lowest BCUT2D eigenvalue weighted by molar-refractivity contribution is -0.142. The largest absolute Gasteiger partial charge is 0.273 e. The molecule has 96 valence electrons. The molecule has 1 amide bonds. The number of unbranched alkanes of at least 4 members (excludes halogenated alkanes) is 1. The van der Waals surface area contributed by atoms with Gasteiger partial charge >= 0.3 is 0 Å². The van der Waals surface area contributed by atoms with Crippen molar-refractivity contribution in [1.82, 2.24) is 5.48 Å². The topological polar surface area (TPSA) is 38.3 Å². The number of hydrogen-bond acceptors (Lipinski definition) is 2. The normalized spacial score (nSPS) is 12.8. The van der Waals surface area contributed by atoms with Crippen molar-refractivity contribution in [3.63, 3.8) is 0 Å². The van der Waals surface area contributed by atoms with Crippen molar-refractivity contribution in [2.75, 3.05) is 0 Å². The summed E-state index contributed by atoms with van der Waals surface area (Å²) >= 11 is 0. The Balaban J connectivity index is 4.12. The molecule has 1 N–H and O–H groups in total. The molecule has 1 atom stereocenters. The van der Waals surface area contributed by atoms with E-state index >= 15 is 0 Å². The fourth-order valence-corrected chi connectivity index (χ4v) is 1.82. The van der Waals surface area contributed by atoms with Crippen LogP contribution in [0.4, 0.5) is 0 Å². The van der Waals surface area contributed by atoms with E-state index in [2.05, 4.69) is 26.3 Å². The molecule has 0 aromatic rings. The summed E-state index contributed by atoms with van der Waals surface area (Å²) in [6, 6.07) is 0. The predicted octanol–water partition coefficient (Wildman–Crippen LogP) is 3.44. The number of amides is 1. The van der Waals surface area contributed by atoms with Crippen molar-refractivity contribution < 1.29 is 9.63 Å². The first-order valence-electron chi connectivity index (χ1n) is 6.63. The Hall–Kier alpha value is -0.570. The molecule has 16 heavy (non-hydrogen) atoms. The SMILES string of the molecule is CCCCC(ONC(=O)CC)C(CC)CC. The zero-order valence-electron chi connectivity index (χ0n) is 11.2. The summed E-state index contributed by atoms with van der Waals surface area (Å²) in [4.78, 5) is 16.7. The van der Waals surface area contributed by atoms with Crippen LogP contribution in [0.3, 0.4) is 0 Å². The van der Waals surface area contributed by atoms with Gasteiger partial charge in [-0.2, -0.15) is 0 Å². The summed E-state index contributed by atoms with van der Waals surface area (Å²) in [5.41, 5.74) is 2.55. The van der Waals surface area contributed by atoms with Gasteiger partial charge in [0.2, 0.25) is 5.91 Å². The lowest BCUT2D eigenvalue weighted by Crippen LogP contribution is -2.33. The summed E-state index contributed by atoms with van der Waals surface area (Å²) in [6.45, 7) is 8.36. The van der Waals surface area contributed by atoms with Gasteiger partial charge in [0.25, 0.3) is 0 Å². The zero-order valence-corrected chi connectivity index (χ0v) is 11.2. The predicted molar refractivity (Wildman–Crippen MR) is 66.9 cm³/mol. The number of carbonyl (C=O) groups excluding carboxylic acids is 1. The van der Waals surface area contributed by atoms with Gasteiger partial charge in [-0.1, -0.05) is 53.4 Å². The summed E-state index contributed by atoms with van der Waals surface area (Å²) in [7, 11) is 0. The molecule has 0 heterocycles. The van der Waals surface area contributed by atoms with E-state index in [0.717, 1.165) is 25.7 Å². The molecule has 0 aromatic carbocycles. The van der Waals surface area contributed by atoms with Crippen LogP contribution < -0.4 is 5.48 Å². The molecular formula is C13H27NO2. The van der Waals surface area contributed by atoms with Gasteiger partial charge in [-0.05, 0) is 12.3 Å². The second-order valence-corrected chi connectivity index (χ2v) is 4.25. The van der Waals surface area contributed by atoms with Crippen LogP contribution in [-0.4, -0.2) is 12.0 Å². The first kappa shape index (κ1) is 15.4. The third-order valence-electron chi connectivity index (χ3n) is 3.06. The number of nitrogens with one attached hydrogen (secondary N) is 1. The number of hydroxylamine groups is 1. The molecule has 0 rings (SSSR count). The van der Waals surface area contributed by atoms with Gasteiger partial charge in [0.1, 0.15) is 0 Å². The van der Waals surface area contributed by atoms with Crippen molar-refractivity contribution in [2.45, 2.75) is 72.3 Å². The van der Waals surface area contributed by atoms with E-state index in [1.54, 1.807) is 0 Å². The van der Waals surface area contributed by atoms with Crippen molar-refractivity contribution in [1.29, 1.82) is 0 Å². The minimum Gasteiger partial charge on any atom is -0.273 e. The average Bonchev–Trinajstić information content (AvgIpc) is 2.32. The molecule has 0 aliphatic carbocycles. The second-order valence-electron chi connectivity index (χ2n) is 4.25. The molecule has 0 aromatic heterocycles. The van der Waals surface area contributed by atoms with Crippen molar-refractivity contribution in [3.8, 4) is 0 Å². The van der Waals surface area contributed by atoms with E-state index in [1.165, 1.54) is 6.42 Å². The van der Waals surface area contributed by atoms with Crippen LogP contribution in [0.25, 0.3) is 0 Å². The van der Waals surface area contributed by atoms with Crippen LogP contribution >= 0.6 is 0 Å². The van der Waals surface area contributed by atoms with E-state index in [0.29, 0.717) is 12.3 Å². The van der Waals surface area contributed by atoms with E-state index < -0.39 is 0 Å². The standard InChI is InChI=1S/C13H27NO2/c1-5-9-10-12(11(6-2)7-3)16-14-13(15)8-4/h11-12H,5-10H2,1-4H3,(H,14,15). The van der Waals surface area contributed by atoms with Crippen molar-refractivity contribution in [3.05, 3.63) is 0 Å². The van der Waals surface area contributed by atoms with Crippen LogP contribution in [0.5, 0.6) is 0 Å². The number of hydrogen-bond donors (Lipinski definition) is 1. The molecule has 1 unspecified atom stereocenters. The number of carbonyl (C=O) groups is 1. The molecule has 0 bridgehead atoms. The van der Waals surface area contributed by atoms with Gasteiger partial charge in [0.15, 0.2) is 0 Å². The fraction of sp³-hybridized carbons (Fsp3) is 0.923. The molecule has 0 aliphatic heterocycles. The third kappa shape index (κ3) is 6.11. The maximum atomic E-state index is 11.2. The Bertz CT molecular complexity index is 179. The third-order valence-corrected chi connectivity index (χ3v) is 3.06. The van der Waals surface area contributed by atoms with Gasteiger partial charge in [-0.3, -0.25) is 9.63 Å². The van der Waals surface area contributed by atoms with E-state index in [1.807, 2.05) is 6.92 Å². The molecule has 0 saturated carbocycles. The van der Waals surface area contributed by atoms with Gasteiger partial charge in [0.05, 0.1) is 6.10 Å². The maximum absolute atomic E-state index is 11.2. The Morgan fingerprint density at radius 3 is 2.25 bits per heavy atom. The highest BCUT2D eigenvalue weighted by atomic mass is 16.7. The van der Waals surface area contributed by atoms with E-state index in [-0.39, 0.29) is 12.0 Å². The summed E-state index contributed by atoms with van der Waals surface area (Å²) in [6.07, 6.45) is 6.21. The molecule has 0 aliphatic rings. The van der Waals surface area contributed by atoms with Gasteiger partial charge in [0, 0.05) is 6.42 Å². The fourth-order valence-electron chi connectivity index (χ4n) is 1.82. The molecule has 0 radical (unpaired) electrons. The molecule has 0 saturated heterocycles. The minimum atomic E-state index is -0.0348. The average molecular weight is 229 g/mol. The van der Waals surface area contributed by atoms with Crippen molar-refractivity contribution >= 4 is 5.91 Å². The van der Waals surface area contributed by atoms with Crippen LogP contribution in [0.1, 0.15) is 66.2 Å². The Kier molecular flexibility index (Phi) is 9.30. The van der Waals surface area contributed by atoms with Gasteiger partial charge < -0.3 is 0 Å². The summed E-state index contributed by atoms with van der Waals surface area (Å²) in [5, 5.41) is 0. The quantitative estimate of drug-likeness (QED) is 0.615. The Morgan fingerprint density at radius 2 is 1.81 bits per heavy atom. The second kappa shape index (κ2) is 9.64. The molecule has 3 heteroatoms. The highest BCUT2D eigenvalue weighted by Gasteiger charge is 2.19. The summed E-state index contributed by atoms with van der Waals surface area (Å²) < 4.78 is 0.